The number of piperidine rings is 1. The van der Waals surface area contributed by atoms with Crippen molar-refractivity contribution < 1.29 is 0 Å². The first-order chi connectivity index (χ1) is 8.88. The summed E-state index contributed by atoms with van der Waals surface area (Å²) in [6, 6.07) is 1.58. The maximum absolute atomic E-state index is 4.45. The number of nitrogens with one attached hydrogen (secondary N) is 1. The van der Waals surface area contributed by atoms with E-state index < -0.39 is 0 Å². The third kappa shape index (κ3) is 1.87. The number of hydrogen-bond acceptors (Lipinski definition) is 3. The van der Waals surface area contributed by atoms with E-state index in [4.69, 9.17) is 0 Å². The van der Waals surface area contributed by atoms with Crippen LogP contribution in [0.4, 0.5) is 0 Å². The van der Waals surface area contributed by atoms with E-state index >= 15 is 0 Å². The second-order valence-electron chi connectivity index (χ2n) is 6.32. The fourth-order valence-corrected chi connectivity index (χ4v) is 4.12. The van der Waals surface area contributed by atoms with E-state index in [2.05, 4.69) is 20.1 Å². The van der Waals surface area contributed by atoms with Crippen molar-refractivity contribution in [1.82, 2.24) is 20.1 Å². The minimum atomic E-state index is 0.789. The first-order valence-corrected chi connectivity index (χ1v) is 7.55. The van der Waals surface area contributed by atoms with E-state index in [9.17, 15) is 0 Å². The molecule has 18 heavy (non-hydrogen) atoms. The van der Waals surface area contributed by atoms with Crippen molar-refractivity contribution in [3.05, 3.63) is 11.6 Å². The van der Waals surface area contributed by atoms with Crippen molar-refractivity contribution in [1.29, 1.82) is 0 Å². The van der Waals surface area contributed by atoms with Gasteiger partial charge in [0.1, 0.15) is 11.6 Å². The Balaban J connectivity index is 1.49. The molecule has 0 amide bonds. The van der Waals surface area contributed by atoms with Crippen LogP contribution in [0.5, 0.6) is 0 Å². The van der Waals surface area contributed by atoms with Gasteiger partial charge >= 0.3 is 0 Å². The summed E-state index contributed by atoms with van der Waals surface area (Å²) in [5, 5.41) is 12.5. The van der Waals surface area contributed by atoms with Crippen molar-refractivity contribution in [2.24, 2.45) is 5.92 Å². The molecule has 4 heterocycles. The summed E-state index contributed by atoms with van der Waals surface area (Å²) in [7, 11) is 0. The zero-order valence-electron chi connectivity index (χ0n) is 10.9. The van der Waals surface area contributed by atoms with Crippen LogP contribution in [0.2, 0.25) is 0 Å². The number of aromatic nitrogens is 3. The molecule has 2 unspecified atom stereocenters. The smallest absolute Gasteiger partial charge is 0.133 e. The highest BCUT2D eigenvalue weighted by Gasteiger charge is 2.34. The molecule has 0 aromatic carbocycles. The van der Waals surface area contributed by atoms with Gasteiger partial charge in [0.25, 0.3) is 0 Å². The molecule has 2 fully saturated rings. The number of fused-ring (bicyclic) bond motifs is 3. The Bertz CT molecular complexity index is 427. The molecule has 3 aliphatic rings. The Morgan fingerprint density at radius 2 is 1.94 bits per heavy atom. The lowest BCUT2D eigenvalue weighted by atomic mass is 9.89. The van der Waals surface area contributed by atoms with Gasteiger partial charge < -0.3 is 9.88 Å². The fraction of sp³-hybridized carbons (Fsp3) is 0.857. The van der Waals surface area contributed by atoms with Crippen LogP contribution >= 0.6 is 0 Å². The van der Waals surface area contributed by atoms with Gasteiger partial charge in [-0.25, -0.2) is 0 Å². The van der Waals surface area contributed by atoms with Crippen LogP contribution < -0.4 is 5.32 Å². The molecule has 0 saturated carbocycles. The first-order valence-electron chi connectivity index (χ1n) is 7.55. The van der Waals surface area contributed by atoms with Crippen molar-refractivity contribution >= 4 is 0 Å². The fourth-order valence-electron chi connectivity index (χ4n) is 4.12. The Morgan fingerprint density at radius 1 is 1.11 bits per heavy atom. The molecular formula is C14H22N4. The van der Waals surface area contributed by atoms with Crippen molar-refractivity contribution in [3.8, 4) is 0 Å². The SMILES string of the molecule is C1CCn2c(nnc2CC2CC3CCC(C2)N3)C1. The molecule has 3 aliphatic heterocycles. The Morgan fingerprint density at radius 3 is 2.78 bits per heavy atom. The van der Waals surface area contributed by atoms with Gasteiger partial charge in [0.2, 0.25) is 0 Å². The van der Waals surface area contributed by atoms with E-state index in [1.165, 1.54) is 50.2 Å². The Labute approximate surface area is 108 Å². The molecule has 0 spiro atoms. The summed E-state index contributed by atoms with van der Waals surface area (Å²) in [6.07, 6.45) is 10.3. The molecule has 1 aromatic heterocycles. The highest BCUT2D eigenvalue weighted by molar-refractivity contribution is 5.02. The second kappa shape index (κ2) is 4.34. The molecule has 0 radical (unpaired) electrons. The van der Waals surface area contributed by atoms with Crippen molar-refractivity contribution in [2.45, 2.75) is 70.0 Å². The minimum absolute atomic E-state index is 0.789. The van der Waals surface area contributed by atoms with Crippen molar-refractivity contribution in [2.75, 3.05) is 0 Å². The molecule has 4 heteroatoms. The summed E-state index contributed by atoms with van der Waals surface area (Å²) >= 11 is 0. The average molecular weight is 246 g/mol. The van der Waals surface area contributed by atoms with E-state index in [0.717, 1.165) is 37.4 Å². The van der Waals surface area contributed by atoms with Crippen LogP contribution in [0.3, 0.4) is 0 Å². The molecule has 4 rings (SSSR count). The number of aryl methyl sites for hydroxylation is 1. The van der Waals surface area contributed by atoms with Crippen LogP contribution in [0.1, 0.15) is 50.2 Å². The lowest BCUT2D eigenvalue weighted by Gasteiger charge is -2.29. The quantitative estimate of drug-likeness (QED) is 0.863. The molecule has 2 bridgehead atoms. The third-order valence-corrected chi connectivity index (χ3v) is 4.98. The van der Waals surface area contributed by atoms with Crippen LogP contribution in [-0.4, -0.2) is 26.8 Å². The molecule has 1 aromatic rings. The van der Waals surface area contributed by atoms with E-state index in [0.29, 0.717) is 0 Å². The van der Waals surface area contributed by atoms with Crippen LogP contribution in [-0.2, 0) is 19.4 Å². The summed E-state index contributed by atoms with van der Waals surface area (Å²) in [4.78, 5) is 0. The van der Waals surface area contributed by atoms with Crippen molar-refractivity contribution in [3.63, 3.8) is 0 Å². The minimum Gasteiger partial charge on any atom is -0.315 e. The lowest BCUT2D eigenvalue weighted by molar-refractivity contribution is 0.291. The number of rotatable bonds is 2. The van der Waals surface area contributed by atoms with Crippen LogP contribution in [0, 0.1) is 5.92 Å². The molecule has 2 atom stereocenters. The van der Waals surface area contributed by atoms with Gasteiger partial charge in [0.05, 0.1) is 0 Å². The van der Waals surface area contributed by atoms with Gasteiger partial charge in [-0.2, -0.15) is 0 Å². The van der Waals surface area contributed by atoms with Crippen LogP contribution in [0.25, 0.3) is 0 Å². The van der Waals surface area contributed by atoms with Gasteiger partial charge in [-0.05, 0) is 44.4 Å². The normalized spacial score (nSPS) is 34.6. The van der Waals surface area contributed by atoms with E-state index in [1.54, 1.807) is 0 Å². The molecule has 98 valence electrons. The summed E-state index contributed by atoms with van der Waals surface area (Å²) < 4.78 is 2.40. The molecule has 4 nitrogen and oxygen atoms in total. The largest absolute Gasteiger partial charge is 0.315 e. The number of nitrogens with zero attached hydrogens (tertiary/aromatic N) is 3. The summed E-state index contributed by atoms with van der Waals surface area (Å²) in [5.41, 5.74) is 0. The van der Waals surface area contributed by atoms with Gasteiger partial charge in [-0.1, -0.05) is 0 Å². The average Bonchev–Trinajstić information content (AvgIpc) is 2.94. The van der Waals surface area contributed by atoms with Gasteiger partial charge in [-0.3, -0.25) is 0 Å². The van der Waals surface area contributed by atoms with Gasteiger partial charge in [0.15, 0.2) is 0 Å². The summed E-state index contributed by atoms with van der Waals surface area (Å²) in [6.45, 7) is 1.15. The van der Waals surface area contributed by atoms with E-state index in [1.807, 2.05) is 0 Å². The van der Waals surface area contributed by atoms with Gasteiger partial charge in [0, 0.05) is 31.5 Å². The van der Waals surface area contributed by atoms with E-state index in [-0.39, 0.29) is 0 Å². The highest BCUT2D eigenvalue weighted by atomic mass is 15.3. The summed E-state index contributed by atoms with van der Waals surface area (Å²) in [5.74, 6) is 3.32. The maximum atomic E-state index is 4.45. The maximum Gasteiger partial charge on any atom is 0.133 e. The Kier molecular flexibility index (Phi) is 2.64. The first kappa shape index (κ1) is 11.0. The standard InChI is InChI=1S/C14H22N4/c1-2-6-18-13(3-1)16-17-14(18)9-10-7-11-4-5-12(8-10)15-11/h10-12,15H,1-9H2. The number of hydrogen-bond donors (Lipinski definition) is 1. The zero-order valence-corrected chi connectivity index (χ0v) is 10.9. The molecular weight excluding hydrogens is 224 g/mol. The topological polar surface area (TPSA) is 42.7 Å². The predicted molar refractivity (Wildman–Crippen MR) is 69.3 cm³/mol. The third-order valence-electron chi connectivity index (χ3n) is 4.98. The Hall–Kier alpha value is -0.900. The second-order valence-corrected chi connectivity index (χ2v) is 6.32. The predicted octanol–water partition coefficient (Wildman–Crippen LogP) is 1.69. The molecule has 2 saturated heterocycles. The molecule has 1 N–H and O–H groups in total. The molecule has 0 aliphatic carbocycles. The zero-order chi connectivity index (χ0) is 11.9. The van der Waals surface area contributed by atoms with Gasteiger partial charge in [-0.15, -0.1) is 10.2 Å². The van der Waals surface area contributed by atoms with Crippen LogP contribution in [0.15, 0.2) is 0 Å². The monoisotopic (exact) mass is 246 g/mol. The highest BCUT2D eigenvalue weighted by Crippen LogP contribution is 2.32. The lowest BCUT2D eigenvalue weighted by Crippen LogP contribution is -2.38.